The minimum Gasteiger partial charge on any atom is -0.493 e. The van der Waals surface area contributed by atoms with E-state index in [4.69, 9.17) is 4.74 Å². The Bertz CT molecular complexity index is 386. The lowest BCUT2D eigenvalue weighted by molar-refractivity contribution is 0.0858. The van der Waals surface area contributed by atoms with Crippen molar-refractivity contribution in [2.45, 2.75) is 6.42 Å². The van der Waals surface area contributed by atoms with Crippen molar-refractivity contribution in [3.05, 3.63) is 23.8 Å². The standard InChI is InChI=1S/C13H18N2O/c1-15-7-10(8-15)9-16-12-3-2-11-4-5-14-13(11)6-12/h2-3,6,10,14H,4-5,7-9H2,1H3. The molecule has 3 nitrogen and oxygen atoms in total. The highest BCUT2D eigenvalue weighted by atomic mass is 16.5. The summed E-state index contributed by atoms with van der Waals surface area (Å²) in [5.41, 5.74) is 2.67. The predicted octanol–water partition coefficient (Wildman–Crippen LogP) is 1.59. The van der Waals surface area contributed by atoms with Gasteiger partial charge in [-0.25, -0.2) is 0 Å². The molecule has 2 aliphatic heterocycles. The van der Waals surface area contributed by atoms with E-state index in [0.29, 0.717) is 5.92 Å². The van der Waals surface area contributed by atoms with Gasteiger partial charge in [0.15, 0.2) is 0 Å². The van der Waals surface area contributed by atoms with E-state index >= 15 is 0 Å². The van der Waals surface area contributed by atoms with Gasteiger partial charge in [0.25, 0.3) is 0 Å². The molecule has 0 aliphatic carbocycles. The Morgan fingerprint density at radius 1 is 1.44 bits per heavy atom. The monoisotopic (exact) mass is 218 g/mol. The molecule has 0 amide bonds. The van der Waals surface area contributed by atoms with Gasteiger partial charge in [0, 0.05) is 37.3 Å². The molecule has 1 aromatic rings. The van der Waals surface area contributed by atoms with Crippen molar-refractivity contribution in [3.8, 4) is 5.75 Å². The van der Waals surface area contributed by atoms with Crippen molar-refractivity contribution in [1.29, 1.82) is 0 Å². The summed E-state index contributed by atoms with van der Waals surface area (Å²) in [4.78, 5) is 2.32. The zero-order valence-electron chi connectivity index (χ0n) is 9.70. The van der Waals surface area contributed by atoms with Crippen LogP contribution >= 0.6 is 0 Å². The van der Waals surface area contributed by atoms with E-state index < -0.39 is 0 Å². The number of nitrogens with one attached hydrogen (secondary N) is 1. The lowest BCUT2D eigenvalue weighted by Crippen LogP contribution is -2.46. The van der Waals surface area contributed by atoms with E-state index in [-0.39, 0.29) is 0 Å². The molecule has 2 aliphatic rings. The smallest absolute Gasteiger partial charge is 0.121 e. The number of nitrogens with zero attached hydrogens (tertiary/aromatic N) is 1. The summed E-state index contributed by atoms with van der Waals surface area (Å²) < 4.78 is 5.82. The van der Waals surface area contributed by atoms with Gasteiger partial charge in [0.2, 0.25) is 0 Å². The Balaban J connectivity index is 1.58. The van der Waals surface area contributed by atoms with Crippen molar-refractivity contribution < 1.29 is 4.74 Å². The lowest BCUT2D eigenvalue weighted by atomic mass is 10.0. The molecule has 0 bridgehead atoms. The highest BCUT2D eigenvalue weighted by molar-refractivity contribution is 5.58. The molecule has 0 radical (unpaired) electrons. The normalized spacial score (nSPS) is 20.1. The number of hydrogen-bond acceptors (Lipinski definition) is 3. The van der Waals surface area contributed by atoms with E-state index in [2.05, 4.69) is 35.5 Å². The molecule has 0 atom stereocenters. The first kappa shape index (κ1) is 9.97. The van der Waals surface area contributed by atoms with E-state index in [9.17, 15) is 0 Å². The van der Waals surface area contributed by atoms with Crippen molar-refractivity contribution >= 4 is 5.69 Å². The van der Waals surface area contributed by atoms with Gasteiger partial charge in [-0.2, -0.15) is 0 Å². The maximum Gasteiger partial charge on any atom is 0.121 e. The van der Waals surface area contributed by atoms with Crippen LogP contribution in [-0.4, -0.2) is 38.2 Å². The predicted molar refractivity (Wildman–Crippen MR) is 65.1 cm³/mol. The molecule has 3 rings (SSSR count). The number of hydrogen-bond donors (Lipinski definition) is 1. The third-order valence-electron chi connectivity index (χ3n) is 3.42. The summed E-state index contributed by atoms with van der Waals surface area (Å²) in [6.07, 6.45) is 1.14. The van der Waals surface area contributed by atoms with Crippen molar-refractivity contribution in [1.82, 2.24) is 4.90 Å². The second-order valence-corrected chi connectivity index (χ2v) is 4.89. The van der Waals surface area contributed by atoms with Gasteiger partial charge in [0.05, 0.1) is 6.61 Å². The summed E-state index contributed by atoms with van der Waals surface area (Å²) >= 11 is 0. The minimum atomic E-state index is 0.714. The van der Waals surface area contributed by atoms with Crippen LogP contribution in [0.5, 0.6) is 5.75 Å². The Morgan fingerprint density at radius 2 is 2.31 bits per heavy atom. The first-order chi connectivity index (χ1) is 7.81. The molecule has 3 heteroatoms. The molecule has 1 fully saturated rings. The Hall–Kier alpha value is -1.22. The molecule has 1 aromatic carbocycles. The van der Waals surface area contributed by atoms with E-state index in [1.165, 1.54) is 24.3 Å². The number of rotatable bonds is 3. The number of benzene rings is 1. The first-order valence-corrected chi connectivity index (χ1v) is 5.99. The molecule has 86 valence electrons. The molecule has 0 aromatic heterocycles. The molecule has 16 heavy (non-hydrogen) atoms. The SMILES string of the molecule is CN1CC(COc2ccc3c(c2)NCC3)C1. The van der Waals surface area contributed by atoms with Gasteiger partial charge in [-0.3, -0.25) is 0 Å². The molecule has 1 saturated heterocycles. The van der Waals surface area contributed by atoms with E-state index in [1.54, 1.807) is 0 Å². The lowest BCUT2D eigenvalue weighted by Gasteiger charge is -2.35. The number of anilines is 1. The molecular weight excluding hydrogens is 200 g/mol. The van der Waals surface area contributed by atoms with Crippen LogP contribution in [0, 0.1) is 5.92 Å². The summed E-state index contributed by atoms with van der Waals surface area (Å²) in [7, 11) is 2.15. The fraction of sp³-hybridized carbons (Fsp3) is 0.538. The molecule has 0 unspecified atom stereocenters. The highest BCUT2D eigenvalue weighted by Gasteiger charge is 2.23. The van der Waals surface area contributed by atoms with Crippen LogP contribution in [0.25, 0.3) is 0 Å². The van der Waals surface area contributed by atoms with Crippen LogP contribution in [0.2, 0.25) is 0 Å². The average Bonchev–Trinajstić information content (AvgIpc) is 2.69. The molecule has 0 spiro atoms. The van der Waals surface area contributed by atoms with Gasteiger partial charge in [-0.15, -0.1) is 0 Å². The van der Waals surface area contributed by atoms with Crippen molar-refractivity contribution in [2.24, 2.45) is 5.92 Å². The second kappa shape index (κ2) is 3.98. The molecule has 1 N–H and O–H groups in total. The third-order valence-corrected chi connectivity index (χ3v) is 3.42. The van der Waals surface area contributed by atoms with E-state index in [1.807, 2.05) is 0 Å². The van der Waals surface area contributed by atoms with Gasteiger partial charge in [-0.05, 0) is 25.1 Å². The van der Waals surface area contributed by atoms with Crippen LogP contribution in [0.15, 0.2) is 18.2 Å². The number of fused-ring (bicyclic) bond motifs is 1. The van der Waals surface area contributed by atoms with Gasteiger partial charge >= 0.3 is 0 Å². The summed E-state index contributed by atoms with van der Waals surface area (Å²) in [5.74, 6) is 1.72. The maximum absolute atomic E-state index is 5.82. The fourth-order valence-electron chi connectivity index (χ4n) is 2.51. The van der Waals surface area contributed by atoms with Gasteiger partial charge in [-0.1, -0.05) is 6.07 Å². The third kappa shape index (κ3) is 1.87. The van der Waals surface area contributed by atoms with Crippen LogP contribution in [0.3, 0.4) is 0 Å². The van der Waals surface area contributed by atoms with Crippen LogP contribution in [0.4, 0.5) is 5.69 Å². The molecular formula is C13H18N2O. The zero-order chi connectivity index (χ0) is 11.0. The zero-order valence-corrected chi connectivity index (χ0v) is 9.70. The maximum atomic E-state index is 5.82. The van der Waals surface area contributed by atoms with Crippen LogP contribution < -0.4 is 10.1 Å². The first-order valence-electron chi connectivity index (χ1n) is 5.99. The Kier molecular flexibility index (Phi) is 2.48. The molecule has 2 heterocycles. The Labute approximate surface area is 96.4 Å². The largest absolute Gasteiger partial charge is 0.493 e. The minimum absolute atomic E-state index is 0.714. The fourth-order valence-corrected chi connectivity index (χ4v) is 2.51. The summed E-state index contributed by atoms with van der Waals surface area (Å²) in [6.45, 7) is 4.25. The average molecular weight is 218 g/mol. The van der Waals surface area contributed by atoms with Crippen LogP contribution in [0.1, 0.15) is 5.56 Å². The summed E-state index contributed by atoms with van der Waals surface area (Å²) in [6, 6.07) is 6.40. The second-order valence-electron chi connectivity index (χ2n) is 4.89. The summed E-state index contributed by atoms with van der Waals surface area (Å²) in [5, 5.41) is 3.37. The van der Waals surface area contributed by atoms with Crippen molar-refractivity contribution in [2.75, 3.05) is 38.6 Å². The number of ether oxygens (including phenoxy) is 1. The van der Waals surface area contributed by atoms with Gasteiger partial charge < -0.3 is 15.0 Å². The van der Waals surface area contributed by atoms with Crippen LogP contribution in [-0.2, 0) is 6.42 Å². The topological polar surface area (TPSA) is 24.5 Å². The molecule has 0 saturated carbocycles. The van der Waals surface area contributed by atoms with Gasteiger partial charge in [0.1, 0.15) is 5.75 Å². The highest BCUT2D eigenvalue weighted by Crippen LogP contribution is 2.27. The Morgan fingerprint density at radius 3 is 3.12 bits per heavy atom. The quantitative estimate of drug-likeness (QED) is 0.834. The van der Waals surface area contributed by atoms with Crippen molar-refractivity contribution in [3.63, 3.8) is 0 Å². The van der Waals surface area contributed by atoms with E-state index in [0.717, 1.165) is 25.3 Å². The number of likely N-dealkylation sites (tertiary alicyclic amines) is 1.